The Hall–Kier alpha value is -1.96. The van der Waals surface area contributed by atoms with Gasteiger partial charge in [-0.3, -0.25) is 0 Å². The SMILES string of the molecule is CC(O)COC(C)CO.CCCCOC(=O)c1ccccc1C(=O)O. The molecule has 0 aliphatic heterocycles. The van der Waals surface area contributed by atoms with Gasteiger partial charge in [-0.2, -0.15) is 0 Å². The highest BCUT2D eigenvalue weighted by Crippen LogP contribution is 2.10. The Morgan fingerprint density at radius 2 is 1.76 bits per heavy atom. The molecule has 1 aromatic rings. The van der Waals surface area contributed by atoms with Crippen LogP contribution in [-0.4, -0.2) is 59.3 Å². The third-order valence-corrected chi connectivity index (χ3v) is 2.99. The molecule has 0 fully saturated rings. The van der Waals surface area contributed by atoms with E-state index in [0.717, 1.165) is 12.8 Å². The number of ether oxygens (including phenoxy) is 2. The van der Waals surface area contributed by atoms with Crippen molar-refractivity contribution >= 4 is 11.9 Å². The van der Waals surface area contributed by atoms with E-state index in [-0.39, 0.29) is 23.8 Å². The molecule has 2 unspecified atom stereocenters. The van der Waals surface area contributed by atoms with Gasteiger partial charge in [0.05, 0.1) is 43.2 Å². The van der Waals surface area contributed by atoms with Crippen LogP contribution in [0.1, 0.15) is 54.3 Å². The second kappa shape index (κ2) is 13.3. The molecule has 0 heterocycles. The van der Waals surface area contributed by atoms with E-state index in [1.807, 2.05) is 6.92 Å². The minimum Gasteiger partial charge on any atom is -0.478 e. The van der Waals surface area contributed by atoms with Crippen LogP contribution in [-0.2, 0) is 9.47 Å². The smallest absolute Gasteiger partial charge is 0.339 e. The van der Waals surface area contributed by atoms with E-state index in [0.29, 0.717) is 13.2 Å². The Kier molecular flexibility index (Phi) is 12.3. The van der Waals surface area contributed by atoms with E-state index < -0.39 is 18.0 Å². The number of unbranched alkanes of at least 4 members (excludes halogenated alkanes) is 1. The number of aromatic carboxylic acids is 1. The average molecular weight is 356 g/mol. The first-order chi connectivity index (χ1) is 11.8. The van der Waals surface area contributed by atoms with Crippen LogP contribution in [0.15, 0.2) is 24.3 Å². The summed E-state index contributed by atoms with van der Waals surface area (Å²) in [7, 11) is 0. The topological polar surface area (TPSA) is 113 Å². The number of hydrogen-bond acceptors (Lipinski definition) is 6. The van der Waals surface area contributed by atoms with Gasteiger partial charge >= 0.3 is 11.9 Å². The molecule has 7 nitrogen and oxygen atoms in total. The highest BCUT2D eigenvalue weighted by molar-refractivity contribution is 6.02. The lowest BCUT2D eigenvalue weighted by atomic mass is 10.1. The molecule has 0 bridgehead atoms. The molecule has 25 heavy (non-hydrogen) atoms. The third kappa shape index (κ3) is 10.5. The average Bonchev–Trinajstić information content (AvgIpc) is 2.60. The maximum absolute atomic E-state index is 11.6. The van der Waals surface area contributed by atoms with Crippen LogP contribution < -0.4 is 0 Å². The van der Waals surface area contributed by atoms with Crippen LogP contribution >= 0.6 is 0 Å². The maximum Gasteiger partial charge on any atom is 0.339 e. The highest BCUT2D eigenvalue weighted by Gasteiger charge is 2.16. The van der Waals surface area contributed by atoms with E-state index in [1.54, 1.807) is 26.0 Å². The van der Waals surface area contributed by atoms with Crippen molar-refractivity contribution in [1.82, 2.24) is 0 Å². The lowest BCUT2D eigenvalue weighted by molar-refractivity contribution is -0.0177. The van der Waals surface area contributed by atoms with Gasteiger partial charge in [-0.25, -0.2) is 9.59 Å². The van der Waals surface area contributed by atoms with E-state index in [2.05, 4.69) is 0 Å². The molecule has 0 radical (unpaired) electrons. The van der Waals surface area contributed by atoms with Crippen molar-refractivity contribution in [3.8, 4) is 0 Å². The van der Waals surface area contributed by atoms with Crippen LogP contribution in [0.3, 0.4) is 0 Å². The number of carboxylic acid groups (broad SMARTS) is 1. The minimum atomic E-state index is -1.12. The van der Waals surface area contributed by atoms with Gasteiger partial charge in [-0.1, -0.05) is 25.5 Å². The monoisotopic (exact) mass is 356 g/mol. The van der Waals surface area contributed by atoms with Crippen molar-refractivity contribution in [1.29, 1.82) is 0 Å². The second-order valence-electron chi connectivity index (χ2n) is 5.52. The number of rotatable bonds is 9. The Labute approximate surface area is 148 Å². The summed E-state index contributed by atoms with van der Waals surface area (Å²) in [6, 6.07) is 6.03. The number of carbonyl (C=O) groups excluding carboxylic acids is 1. The summed E-state index contributed by atoms with van der Waals surface area (Å²) in [6.07, 6.45) is 1.09. The second-order valence-corrected chi connectivity index (χ2v) is 5.52. The van der Waals surface area contributed by atoms with Gasteiger partial charge in [0, 0.05) is 0 Å². The lowest BCUT2D eigenvalue weighted by Crippen LogP contribution is -2.19. The van der Waals surface area contributed by atoms with Crippen LogP contribution in [0.25, 0.3) is 0 Å². The van der Waals surface area contributed by atoms with Crippen LogP contribution in [0.2, 0.25) is 0 Å². The van der Waals surface area contributed by atoms with Gasteiger partial charge in [-0.05, 0) is 32.4 Å². The molecule has 0 saturated carbocycles. The van der Waals surface area contributed by atoms with Gasteiger partial charge in [0.2, 0.25) is 0 Å². The quantitative estimate of drug-likeness (QED) is 0.459. The van der Waals surface area contributed by atoms with Gasteiger partial charge < -0.3 is 24.8 Å². The van der Waals surface area contributed by atoms with Gasteiger partial charge in [0.15, 0.2) is 0 Å². The molecular weight excluding hydrogens is 328 g/mol. The fourth-order valence-corrected chi connectivity index (χ4v) is 1.59. The normalized spacial score (nSPS) is 12.5. The van der Waals surface area contributed by atoms with Crippen LogP contribution in [0, 0.1) is 0 Å². The van der Waals surface area contributed by atoms with E-state index in [1.165, 1.54) is 12.1 Å². The predicted molar refractivity (Wildman–Crippen MR) is 92.8 cm³/mol. The fourth-order valence-electron chi connectivity index (χ4n) is 1.59. The van der Waals surface area contributed by atoms with Crippen LogP contribution in [0.5, 0.6) is 0 Å². The zero-order chi connectivity index (χ0) is 19.2. The fraction of sp³-hybridized carbons (Fsp3) is 0.556. The summed E-state index contributed by atoms with van der Waals surface area (Å²) < 4.78 is 9.91. The number of carbonyl (C=O) groups is 2. The highest BCUT2D eigenvalue weighted by atomic mass is 16.5. The molecule has 2 atom stereocenters. The number of carboxylic acids is 1. The molecule has 0 spiro atoms. The van der Waals surface area contributed by atoms with E-state index >= 15 is 0 Å². The molecule has 7 heteroatoms. The molecular formula is C18H28O7. The Morgan fingerprint density at radius 1 is 1.16 bits per heavy atom. The number of esters is 1. The summed E-state index contributed by atoms with van der Waals surface area (Å²) >= 11 is 0. The zero-order valence-electron chi connectivity index (χ0n) is 15.0. The summed E-state index contributed by atoms with van der Waals surface area (Å²) in [6.45, 7) is 6.00. The Bertz CT molecular complexity index is 514. The molecule has 0 saturated heterocycles. The van der Waals surface area contributed by atoms with Crippen LogP contribution in [0.4, 0.5) is 0 Å². The summed E-state index contributed by atoms with van der Waals surface area (Å²) in [5, 5.41) is 26.0. The number of aliphatic hydroxyl groups is 2. The summed E-state index contributed by atoms with van der Waals surface area (Å²) in [5.74, 6) is -1.70. The predicted octanol–water partition coefficient (Wildman–Crippen LogP) is 2.11. The number of hydrogen-bond donors (Lipinski definition) is 3. The van der Waals surface area contributed by atoms with Gasteiger partial charge in [0.1, 0.15) is 0 Å². The van der Waals surface area contributed by atoms with Crippen molar-refractivity contribution < 1.29 is 34.4 Å². The minimum absolute atomic E-state index is 0.00667. The maximum atomic E-state index is 11.6. The van der Waals surface area contributed by atoms with Crippen molar-refractivity contribution in [3.05, 3.63) is 35.4 Å². The molecule has 0 amide bonds. The number of benzene rings is 1. The van der Waals surface area contributed by atoms with Crippen molar-refractivity contribution in [2.45, 2.75) is 45.8 Å². The van der Waals surface area contributed by atoms with Crippen molar-refractivity contribution in [2.75, 3.05) is 19.8 Å². The molecule has 3 N–H and O–H groups in total. The molecule has 142 valence electrons. The first-order valence-electron chi connectivity index (χ1n) is 8.23. The number of aliphatic hydroxyl groups excluding tert-OH is 2. The first-order valence-corrected chi connectivity index (χ1v) is 8.23. The lowest BCUT2D eigenvalue weighted by Gasteiger charge is -2.10. The van der Waals surface area contributed by atoms with E-state index in [9.17, 15) is 9.59 Å². The van der Waals surface area contributed by atoms with E-state index in [4.69, 9.17) is 24.8 Å². The van der Waals surface area contributed by atoms with Crippen molar-refractivity contribution in [3.63, 3.8) is 0 Å². The first kappa shape index (κ1) is 23.0. The molecule has 0 aliphatic rings. The van der Waals surface area contributed by atoms with Gasteiger partial charge in [-0.15, -0.1) is 0 Å². The summed E-state index contributed by atoms with van der Waals surface area (Å²) in [4.78, 5) is 22.4. The molecule has 0 aromatic heterocycles. The molecule has 1 rings (SSSR count). The Morgan fingerprint density at radius 3 is 2.24 bits per heavy atom. The molecule has 1 aromatic carbocycles. The molecule has 0 aliphatic carbocycles. The van der Waals surface area contributed by atoms with Crippen molar-refractivity contribution in [2.24, 2.45) is 0 Å². The zero-order valence-corrected chi connectivity index (χ0v) is 15.0. The largest absolute Gasteiger partial charge is 0.478 e. The van der Waals surface area contributed by atoms with Gasteiger partial charge in [0.25, 0.3) is 0 Å². The Balaban J connectivity index is 0.000000547. The standard InChI is InChI=1S/C12H14O4.C6H14O3/c1-2-3-8-16-12(15)10-7-5-4-6-9(10)11(13)14;1-5(8)4-9-6(2)3-7/h4-7H,2-3,8H2,1H3,(H,13,14);5-8H,3-4H2,1-2H3. The summed E-state index contributed by atoms with van der Waals surface area (Å²) in [5.41, 5.74) is 0.0788. The third-order valence-electron chi connectivity index (χ3n) is 2.99.